The second kappa shape index (κ2) is 9.30. The maximum Gasteiger partial charge on any atom is 0.191 e. The molecule has 0 aliphatic heterocycles. The zero-order valence-corrected chi connectivity index (χ0v) is 14.2. The van der Waals surface area contributed by atoms with Crippen LogP contribution >= 0.6 is 0 Å². The first-order chi connectivity index (χ1) is 10.5. The van der Waals surface area contributed by atoms with E-state index in [0.29, 0.717) is 25.7 Å². The average molecular weight is 327 g/mol. The molecule has 0 radical (unpaired) electrons. The number of guanidine groups is 1. The Kier molecular flexibility index (Phi) is 7.73. The molecule has 0 aliphatic carbocycles. The lowest BCUT2D eigenvalue weighted by molar-refractivity contribution is 0.322. The second-order valence-corrected chi connectivity index (χ2v) is 7.30. The van der Waals surface area contributed by atoms with Crippen molar-refractivity contribution in [3.63, 3.8) is 0 Å². The zero-order chi connectivity index (χ0) is 16.4. The van der Waals surface area contributed by atoms with Gasteiger partial charge in [0.15, 0.2) is 15.8 Å². The van der Waals surface area contributed by atoms with Crippen LogP contribution in [-0.4, -0.2) is 52.6 Å². The number of benzene rings is 1. The van der Waals surface area contributed by atoms with Gasteiger partial charge in [-0.3, -0.25) is 4.99 Å². The lowest BCUT2D eigenvalue weighted by Gasteiger charge is -2.12. The van der Waals surface area contributed by atoms with Crippen LogP contribution in [0.4, 0.5) is 0 Å². The summed E-state index contributed by atoms with van der Waals surface area (Å²) in [6, 6.07) is 7.85. The van der Waals surface area contributed by atoms with E-state index in [2.05, 4.69) is 15.6 Å². The monoisotopic (exact) mass is 327 g/mol. The van der Waals surface area contributed by atoms with Gasteiger partial charge in [-0.05, 0) is 19.1 Å². The van der Waals surface area contributed by atoms with Gasteiger partial charge in [-0.15, -0.1) is 0 Å². The third-order valence-electron chi connectivity index (χ3n) is 3.05. The minimum atomic E-state index is -2.96. The summed E-state index contributed by atoms with van der Waals surface area (Å²) >= 11 is 0. The number of sulfone groups is 1. The van der Waals surface area contributed by atoms with Crippen molar-refractivity contribution in [2.24, 2.45) is 4.99 Å². The van der Waals surface area contributed by atoms with E-state index in [4.69, 9.17) is 4.74 Å². The highest BCUT2D eigenvalue weighted by Gasteiger charge is 2.07. The number of hydrogen-bond acceptors (Lipinski definition) is 4. The van der Waals surface area contributed by atoms with Crippen LogP contribution in [-0.2, 0) is 9.84 Å². The summed E-state index contributed by atoms with van der Waals surface area (Å²) in [5, 5.41) is 6.04. The molecule has 0 atom stereocenters. The normalized spacial score (nSPS) is 12.0. The molecular weight excluding hydrogens is 302 g/mol. The molecule has 0 aliphatic rings. The van der Waals surface area contributed by atoms with Crippen molar-refractivity contribution < 1.29 is 13.2 Å². The predicted octanol–water partition coefficient (Wildman–Crippen LogP) is 0.974. The van der Waals surface area contributed by atoms with Crippen LogP contribution in [0.1, 0.15) is 12.5 Å². The van der Waals surface area contributed by atoms with Crippen LogP contribution in [0.25, 0.3) is 0 Å². The standard InChI is InChI=1S/C15H25N3O3S/c1-4-22(19,20)12-10-18-15(16-3)17-9-11-21-14-7-5-13(2)6-8-14/h5-8H,4,9-12H2,1-3H3,(H2,16,17,18). The first-order valence-electron chi connectivity index (χ1n) is 7.31. The Balaban J connectivity index is 2.23. The SMILES string of the molecule is CCS(=O)(=O)CCNC(=NC)NCCOc1ccc(C)cc1. The van der Waals surface area contributed by atoms with E-state index in [9.17, 15) is 8.42 Å². The fourth-order valence-electron chi connectivity index (χ4n) is 1.66. The summed E-state index contributed by atoms with van der Waals surface area (Å²) in [5.74, 6) is 1.65. The summed E-state index contributed by atoms with van der Waals surface area (Å²) in [4.78, 5) is 4.03. The van der Waals surface area contributed by atoms with Crippen LogP contribution in [0.5, 0.6) is 5.75 Å². The molecule has 0 unspecified atom stereocenters. The van der Waals surface area contributed by atoms with Crippen molar-refractivity contribution in [2.75, 3.05) is 38.2 Å². The van der Waals surface area contributed by atoms with Crippen LogP contribution in [0.3, 0.4) is 0 Å². The summed E-state index contributed by atoms with van der Waals surface area (Å²) in [5.41, 5.74) is 1.19. The molecule has 0 fully saturated rings. The minimum absolute atomic E-state index is 0.101. The van der Waals surface area contributed by atoms with Crippen molar-refractivity contribution in [1.82, 2.24) is 10.6 Å². The highest BCUT2D eigenvalue weighted by atomic mass is 32.2. The van der Waals surface area contributed by atoms with Crippen molar-refractivity contribution in [1.29, 1.82) is 0 Å². The minimum Gasteiger partial charge on any atom is -0.492 e. The van der Waals surface area contributed by atoms with E-state index < -0.39 is 9.84 Å². The lowest BCUT2D eigenvalue weighted by Crippen LogP contribution is -2.41. The molecule has 1 aromatic carbocycles. The summed E-state index contributed by atoms with van der Waals surface area (Å²) < 4.78 is 28.4. The predicted molar refractivity (Wildman–Crippen MR) is 90.4 cm³/mol. The molecule has 0 bridgehead atoms. The molecule has 0 saturated carbocycles. The number of aryl methyl sites for hydroxylation is 1. The molecule has 22 heavy (non-hydrogen) atoms. The summed E-state index contributed by atoms with van der Waals surface area (Å²) in [6.45, 7) is 5.09. The average Bonchev–Trinajstić information content (AvgIpc) is 2.51. The molecule has 124 valence electrons. The van der Waals surface area contributed by atoms with E-state index in [1.165, 1.54) is 5.56 Å². The van der Waals surface area contributed by atoms with Gasteiger partial charge < -0.3 is 15.4 Å². The van der Waals surface area contributed by atoms with E-state index >= 15 is 0 Å². The first kappa shape index (κ1) is 18.3. The second-order valence-electron chi connectivity index (χ2n) is 4.82. The molecular formula is C15H25N3O3S. The van der Waals surface area contributed by atoms with Gasteiger partial charge in [0.1, 0.15) is 12.4 Å². The zero-order valence-electron chi connectivity index (χ0n) is 13.4. The summed E-state index contributed by atoms with van der Waals surface area (Å²) in [6.07, 6.45) is 0. The van der Waals surface area contributed by atoms with Gasteiger partial charge in [0.05, 0.1) is 12.3 Å². The lowest BCUT2D eigenvalue weighted by atomic mass is 10.2. The fraction of sp³-hybridized carbons (Fsp3) is 0.533. The van der Waals surface area contributed by atoms with Crippen LogP contribution in [0.2, 0.25) is 0 Å². The van der Waals surface area contributed by atoms with Gasteiger partial charge in [0.2, 0.25) is 0 Å². The first-order valence-corrected chi connectivity index (χ1v) is 9.13. The van der Waals surface area contributed by atoms with Gasteiger partial charge in [0, 0.05) is 19.3 Å². The number of nitrogens with one attached hydrogen (secondary N) is 2. The quantitative estimate of drug-likeness (QED) is 0.423. The van der Waals surface area contributed by atoms with Crippen molar-refractivity contribution in [3.8, 4) is 5.75 Å². The van der Waals surface area contributed by atoms with Crippen molar-refractivity contribution >= 4 is 15.8 Å². The maximum atomic E-state index is 11.4. The summed E-state index contributed by atoms with van der Waals surface area (Å²) in [7, 11) is -1.31. The molecule has 6 nitrogen and oxygen atoms in total. The Morgan fingerprint density at radius 3 is 2.41 bits per heavy atom. The van der Waals surface area contributed by atoms with E-state index in [0.717, 1.165) is 5.75 Å². The molecule has 0 spiro atoms. The number of rotatable bonds is 8. The molecule has 1 aromatic rings. The number of nitrogens with zero attached hydrogens (tertiary/aromatic N) is 1. The Bertz CT molecular complexity index is 568. The molecule has 0 saturated heterocycles. The number of hydrogen-bond donors (Lipinski definition) is 2. The van der Waals surface area contributed by atoms with Crippen LogP contribution in [0, 0.1) is 6.92 Å². The van der Waals surface area contributed by atoms with Gasteiger partial charge in [-0.1, -0.05) is 24.6 Å². The topological polar surface area (TPSA) is 79.8 Å². The Morgan fingerprint density at radius 1 is 1.18 bits per heavy atom. The van der Waals surface area contributed by atoms with Gasteiger partial charge >= 0.3 is 0 Å². The third kappa shape index (κ3) is 7.31. The molecule has 0 amide bonds. The van der Waals surface area contributed by atoms with Crippen LogP contribution < -0.4 is 15.4 Å². The van der Waals surface area contributed by atoms with Gasteiger partial charge in [-0.25, -0.2) is 8.42 Å². The van der Waals surface area contributed by atoms with Gasteiger partial charge in [0.25, 0.3) is 0 Å². The van der Waals surface area contributed by atoms with Gasteiger partial charge in [-0.2, -0.15) is 0 Å². The fourth-order valence-corrected chi connectivity index (χ4v) is 2.36. The van der Waals surface area contributed by atoms with Crippen molar-refractivity contribution in [2.45, 2.75) is 13.8 Å². The van der Waals surface area contributed by atoms with E-state index in [1.807, 2.05) is 31.2 Å². The highest BCUT2D eigenvalue weighted by molar-refractivity contribution is 7.91. The Labute approximate surface area is 132 Å². The Hall–Kier alpha value is -1.76. The molecule has 1 rings (SSSR count). The molecule has 0 heterocycles. The third-order valence-corrected chi connectivity index (χ3v) is 4.76. The Morgan fingerprint density at radius 2 is 1.82 bits per heavy atom. The number of aliphatic imine (C=N–C) groups is 1. The smallest absolute Gasteiger partial charge is 0.191 e. The van der Waals surface area contributed by atoms with Crippen molar-refractivity contribution in [3.05, 3.63) is 29.8 Å². The number of ether oxygens (including phenoxy) is 1. The largest absolute Gasteiger partial charge is 0.492 e. The maximum absolute atomic E-state index is 11.4. The van der Waals surface area contributed by atoms with E-state index in [1.54, 1.807) is 14.0 Å². The van der Waals surface area contributed by atoms with Crippen LogP contribution in [0.15, 0.2) is 29.3 Å². The highest BCUT2D eigenvalue weighted by Crippen LogP contribution is 2.10. The molecule has 2 N–H and O–H groups in total. The molecule has 7 heteroatoms. The van der Waals surface area contributed by atoms with E-state index in [-0.39, 0.29) is 11.5 Å². The molecule has 0 aromatic heterocycles.